The molecule has 1 atom stereocenters. The van der Waals surface area contributed by atoms with Crippen LogP contribution in [0.3, 0.4) is 0 Å². The van der Waals surface area contributed by atoms with Gasteiger partial charge in [0.1, 0.15) is 17.9 Å². The number of hydrogen-bond acceptors (Lipinski definition) is 3. The average molecular weight is 280 g/mol. The summed E-state index contributed by atoms with van der Waals surface area (Å²) in [6.07, 6.45) is 3.32. The molecule has 0 fully saturated rings. The van der Waals surface area contributed by atoms with Crippen LogP contribution in [-0.4, -0.2) is 27.8 Å². The van der Waals surface area contributed by atoms with Crippen LogP contribution in [0.15, 0.2) is 30.6 Å². The van der Waals surface area contributed by atoms with Crippen LogP contribution in [-0.2, 0) is 19.9 Å². The first-order valence-electron chi connectivity index (χ1n) is 6.24. The quantitative estimate of drug-likeness (QED) is 0.763. The number of aryl methyl sites for hydroxylation is 1. The molecule has 0 amide bonds. The SMILES string of the molecule is COc1cccc(CC(CCl)Cc2ncnn2C)c1. The predicted molar refractivity (Wildman–Crippen MR) is 75.6 cm³/mol. The number of aromatic nitrogens is 3. The monoisotopic (exact) mass is 279 g/mol. The molecule has 0 radical (unpaired) electrons. The van der Waals surface area contributed by atoms with Crippen LogP contribution in [0, 0.1) is 5.92 Å². The van der Waals surface area contributed by atoms with Gasteiger partial charge in [-0.2, -0.15) is 5.10 Å². The van der Waals surface area contributed by atoms with Gasteiger partial charge in [0.05, 0.1) is 7.11 Å². The van der Waals surface area contributed by atoms with Gasteiger partial charge in [-0.15, -0.1) is 11.6 Å². The molecule has 4 nitrogen and oxygen atoms in total. The zero-order chi connectivity index (χ0) is 13.7. The Hall–Kier alpha value is -1.55. The van der Waals surface area contributed by atoms with Crippen LogP contribution in [0.4, 0.5) is 0 Å². The van der Waals surface area contributed by atoms with Crippen molar-refractivity contribution in [2.24, 2.45) is 13.0 Å². The third-order valence-electron chi connectivity index (χ3n) is 3.15. The average Bonchev–Trinajstić information content (AvgIpc) is 2.83. The van der Waals surface area contributed by atoms with Gasteiger partial charge in [-0.25, -0.2) is 4.98 Å². The summed E-state index contributed by atoms with van der Waals surface area (Å²) in [6, 6.07) is 8.10. The second-order valence-electron chi connectivity index (χ2n) is 4.58. The van der Waals surface area contributed by atoms with Crippen molar-refractivity contribution in [1.82, 2.24) is 14.8 Å². The van der Waals surface area contributed by atoms with Gasteiger partial charge in [-0.3, -0.25) is 4.68 Å². The Morgan fingerprint density at radius 2 is 2.21 bits per heavy atom. The van der Waals surface area contributed by atoms with Crippen molar-refractivity contribution < 1.29 is 4.74 Å². The fourth-order valence-corrected chi connectivity index (χ4v) is 2.30. The third kappa shape index (κ3) is 3.70. The highest BCUT2D eigenvalue weighted by molar-refractivity contribution is 6.18. The summed E-state index contributed by atoms with van der Waals surface area (Å²) in [5.41, 5.74) is 1.23. The molecule has 0 saturated carbocycles. The first-order chi connectivity index (χ1) is 9.22. The molecule has 2 rings (SSSR count). The minimum atomic E-state index is 0.344. The lowest BCUT2D eigenvalue weighted by molar-refractivity contribution is 0.413. The van der Waals surface area contributed by atoms with E-state index in [-0.39, 0.29) is 0 Å². The van der Waals surface area contributed by atoms with Crippen molar-refractivity contribution in [2.45, 2.75) is 12.8 Å². The van der Waals surface area contributed by atoms with Crippen molar-refractivity contribution in [3.8, 4) is 5.75 Å². The highest BCUT2D eigenvalue weighted by Crippen LogP contribution is 2.18. The number of alkyl halides is 1. The Bertz CT molecular complexity index is 527. The summed E-state index contributed by atoms with van der Waals surface area (Å²) >= 11 is 6.07. The lowest BCUT2D eigenvalue weighted by atomic mass is 9.97. The van der Waals surface area contributed by atoms with Crippen LogP contribution in [0.5, 0.6) is 5.75 Å². The Kier molecular flexibility index (Phi) is 4.80. The maximum atomic E-state index is 6.07. The van der Waals surface area contributed by atoms with E-state index in [4.69, 9.17) is 16.3 Å². The molecular formula is C14H18ClN3O. The van der Waals surface area contributed by atoms with Crippen LogP contribution >= 0.6 is 11.6 Å². The van der Waals surface area contributed by atoms with Gasteiger partial charge in [-0.1, -0.05) is 12.1 Å². The summed E-state index contributed by atoms with van der Waals surface area (Å²) in [4.78, 5) is 4.25. The minimum absolute atomic E-state index is 0.344. The number of nitrogens with zero attached hydrogens (tertiary/aromatic N) is 3. The normalized spacial score (nSPS) is 12.4. The van der Waals surface area contributed by atoms with Gasteiger partial charge in [0.25, 0.3) is 0 Å². The van der Waals surface area contributed by atoms with Gasteiger partial charge >= 0.3 is 0 Å². The maximum absolute atomic E-state index is 6.07. The Balaban J connectivity index is 2.04. The first-order valence-corrected chi connectivity index (χ1v) is 6.78. The van der Waals surface area contributed by atoms with Crippen molar-refractivity contribution in [1.29, 1.82) is 0 Å². The van der Waals surface area contributed by atoms with E-state index in [0.29, 0.717) is 11.8 Å². The number of rotatable bonds is 6. The Morgan fingerprint density at radius 1 is 1.37 bits per heavy atom. The van der Waals surface area contributed by atoms with Crippen molar-refractivity contribution in [2.75, 3.05) is 13.0 Å². The summed E-state index contributed by atoms with van der Waals surface area (Å²) < 4.78 is 7.03. The van der Waals surface area contributed by atoms with Crippen molar-refractivity contribution in [3.05, 3.63) is 42.0 Å². The second kappa shape index (κ2) is 6.57. The van der Waals surface area contributed by atoms with E-state index in [1.807, 2.05) is 19.2 Å². The maximum Gasteiger partial charge on any atom is 0.138 e. The second-order valence-corrected chi connectivity index (χ2v) is 4.89. The van der Waals surface area contributed by atoms with E-state index in [0.717, 1.165) is 24.4 Å². The molecule has 19 heavy (non-hydrogen) atoms. The largest absolute Gasteiger partial charge is 0.497 e. The van der Waals surface area contributed by atoms with Crippen LogP contribution < -0.4 is 4.74 Å². The molecule has 2 aromatic rings. The number of benzene rings is 1. The minimum Gasteiger partial charge on any atom is -0.497 e. The van der Waals surface area contributed by atoms with Crippen molar-refractivity contribution >= 4 is 11.6 Å². The molecule has 1 unspecified atom stereocenters. The molecule has 0 aliphatic rings. The topological polar surface area (TPSA) is 39.9 Å². The van der Waals surface area contributed by atoms with Gasteiger partial charge in [0.2, 0.25) is 0 Å². The van der Waals surface area contributed by atoms with E-state index >= 15 is 0 Å². The van der Waals surface area contributed by atoms with E-state index in [2.05, 4.69) is 22.2 Å². The molecule has 0 saturated heterocycles. The van der Waals surface area contributed by atoms with Crippen LogP contribution in [0.2, 0.25) is 0 Å². The molecule has 1 aromatic carbocycles. The van der Waals surface area contributed by atoms with Gasteiger partial charge in [0, 0.05) is 19.3 Å². The van der Waals surface area contributed by atoms with Crippen LogP contribution in [0.1, 0.15) is 11.4 Å². The molecule has 1 aromatic heterocycles. The summed E-state index contributed by atoms with van der Waals surface area (Å²) in [7, 11) is 3.58. The number of halogens is 1. The Labute approximate surface area is 118 Å². The molecule has 0 spiro atoms. The molecule has 0 aliphatic carbocycles. The lowest BCUT2D eigenvalue weighted by Gasteiger charge is -2.13. The van der Waals surface area contributed by atoms with E-state index in [9.17, 15) is 0 Å². The Morgan fingerprint density at radius 3 is 2.84 bits per heavy atom. The fraction of sp³-hybridized carbons (Fsp3) is 0.429. The fourth-order valence-electron chi connectivity index (χ4n) is 2.08. The lowest BCUT2D eigenvalue weighted by Crippen LogP contribution is -2.13. The summed E-state index contributed by atoms with van der Waals surface area (Å²) in [5.74, 6) is 2.79. The van der Waals surface area contributed by atoms with E-state index in [1.54, 1.807) is 18.1 Å². The molecule has 0 bridgehead atoms. The van der Waals surface area contributed by atoms with Crippen molar-refractivity contribution in [3.63, 3.8) is 0 Å². The van der Waals surface area contributed by atoms with E-state index in [1.165, 1.54) is 5.56 Å². The molecule has 0 N–H and O–H groups in total. The van der Waals surface area contributed by atoms with Gasteiger partial charge in [0.15, 0.2) is 0 Å². The predicted octanol–water partition coefficient (Wildman–Crippen LogP) is 2.46. The third-order valence-corrected chi connectivity index (χ3v) is 3.59. The first kappa shape index (κ1) is 13.9. The number of methoxy groups -OCH3 is 1. The molecule has 1 heterocycles. The number of hydrogen-bond donors (Lipinski definition) is 0. The smallest absolute Gasteiger partial charge is 0.138 e. The molecule has 102 valence electrons. The summed E-state index contributed by atoms with van der Waals surface area (Å²) in [6.45, 7) is 0. The van der Waals surface area contributed by atoms with E-state index < -0.39 is 0 Å². The number of ether oxygens (including phenoxy) is 1. The van der Waals surface area contributed by atoms with Gasteiger partial charge < -0.3 is 4.74 Å². The molecular weight excluding hydrogens is 262 g/mol. The molecule has 0 aliphatic heterocycles. The zero-order valence-corrected chi connectivity index (χ0v) is 12.0. The standard InChI is InChI=1S/C14H18ClN3O/c1-18-14(16-10-17-18)8-12(9-15)6-11-4-3-5-13(7-11)19-2/h3-5,7,10,12H,6,8-9H2,1-2H3. The zero-order valence-electron chi connectivity index (χ0n) is 11.2. The van der Waals surface area contributed by atoms with Gasteiger partial charge in [-0.05, 0) is 30.0 Å². The molecule has 5 heteroatoms. The summed E-state index contributed by atoms with van der Waals surface area (Å²) in [5, 5.41) is 4.08. The highest BCUT2D eigenvalue weighted by atomic mass is 35.5. The van der Waals surface area contributed by atoms with Crippen LogP contribution in [0.25, 0.3) is 0 Å². The highest BCUT2D eigenvalue weighted by Gasteiger charge is 2.13.